The lowest BCUT2D eigenvalue weighted by molar-refractivity contribution is -0.121. The zero-order valence-corrected chi connectivity index (χ0v) is 17.4. The standard InChI is InChI=1S/C20H22ClN3O3S/c1-12(2)19(26)22-15-5-4-6-16(10-15)23-20(28)24-18(25)11-27-17-8-7-14(21)9-13(17)3/h4-10,12H,11H2,1-3H3,(H,22,26)(H2,23,24,25,28). The van der Waals surface area contributed by atoms with Crippen molar-refractivity contribution in [1.82, 2.24) is 5.32 Å². The fourth-order valence-electron chi connectivity index (χ4n) is 2.20. The van der Waals surface area contributed by atoms with Crippen molar-refractivity contribution in [1.29, 1.82) is 0 Å². The summed E-state index contributed by atoms with van der Waals surface area (Å²) in [4.78, 5) is 23.8. The summed E-state index contributed by atoms with van der Waals surface area (Å²) < 4.78 is 5.48. The number of carbonyl (C=O) groups excluding carboxylic acids is 2. The van der Waals surface area contributed by atoms with Crippen molar-refractivity contribution in [3.8, 4) is 5.75 Å². The van der Waals surface area contributed by atoms with E-state index in [1.807, 2.05) is 20.8 Å². The number of halogens is 1. The summed E-state index contributed by atoms with van der Waals surface area (Å²) in [6.07, 6.45) is 0. The molecule has 0 heterocycles. The Hall–Kier alpha value is -2.64. The highest BCUT2D eigenvalue weighted by molar-refractivity contribution is 7.80. The fraction of sp³-hybridized carbons (Fsp3) is 0.250. The molecule has 0 atom stereocenters. The molecule has 0 bridgehead atoms. The van der Waals surface area contributed by atoms with Crippen LogP contribution in [0.5, 0.6) is 5.75 Å². The van der Waals surface area contributed by atoms with Gasteiger partial charge in [0, 0.05) is 22.3 Å². The van der Waals surface area contributed by atoms with Crippen molar-refractivity contribution in [2.24, 2.45) is 5.92 Å². The Morgan fingerprint density at radius 1 is 1.11 bits per heavy atom. The zero-order chi connectivity index (χ0) is 20.7. The second-order valence-corrected chi connectivity index (χ2v) is 7.27. The summed E-state index contributed by atoms with van der Waals surface area (Å²) in [5, 5.41) is 9.00. The topological polar surface area (TPSA) is 79.5 Å². The molecular weight excluding hydrogens is 398 g/mol. The molecule has 0 aromatic heterocycles. The molecule has 0 radical (unpaired) electrons. The number of carbonyl (C=O) groups is 2. The van der Waals surface area contributed by atoms with Gasteiger partial charge in [-0.3, -0.25) is 14.9 Å². The van der Waals surface area contributed by atoms with Gasteiger partial charge in [-0.25, -0.2) is 0 Å². The minimum absolute atomic E-state index is 0.0809. The number of aryl methyl sites for hydroxylation is 1. The number of hydrogen-bond donors (Lipinski definition) is 3. The van der Waals surface area contributed by atoms with Gasteiger partial charge in [0.05, 0.1) is 0 Å². The molecule has 2 rings (SSSR count). The second kappa shape index (κ2) is 10.1. The predicted octanol–water partition coefficient (Wildman–Crippen LogP) is 4.13. The summed E-state index contributed by atoms with van der Waals surface area (Å²) in [5.74, 6) is -0.0212. The van der Waals surface area contributed by atoms with Gasteiger partial charge in [-0.2, -0.15) is 0 Å². The molecular formula is C20H22ClN3O3S. The summed E-state index contributed by atoms with van der Waals surface area (Å²) in [5.41, 5.74) is 2.11. The third-order valence-corrected chi connectivity index (χ3v) is 4.10. The maximum absolute atomic E-state index is 12.0. The van der Waals surface area contributed by atoms with Gasteiger partial charge in [0.2, 0.25) is 5.91 Å². The molecule has 0 aliphatic carbocycles. The average Bonchev–Trinajstić information content (AvgIpc) is 2.61. The van der Waals surface area contributed by atoms with Crippen LogP contribution in [0.4, 0.5) is 11.4 Å². The van der Waals surface area contributed by atoms with Crippen LogP contribution in [0.15, 0.2) is 42.5 Å². The summed E-state index contributed by atoms with van der Waals surface area (Å²) in [6, 6.07) is 12.2. The van der Waals surface area contributed by atoms with E-state index in [4.69, 9.17) is 28.6 Å². The van der Waals surface area contributed by atoms with Crippen LogP contribution < -0.4 is 20.7 Å². The van der Waals surface area contributed by atoms with Crippen molar-refractivity contribution in [3.63, 3.8) is 0 Å². The first kappa shape index (κ1) is 21.7. The SMILES string of the molecule is Cc1cc(Cl)ccc1OCC(=O)NC(=S)Nc1cccc(NC(=O)C(C)C)c1. The molecule has 2 amide bonds. The van der Waals surface area contributed by atoms with Crippen molar-refractivity contribution >= 4 is 52.1 Å². The van der Waals surface area contributed by atoms with Crippen molar-refractivity contribution < 1.29 is 14.3 Å². The van der Waals surface area contributed by atoms with E-state index in [0.717, 1.165) is 5.56 Å². The zero-order valence-electron chi connectivity index (χ0n) is 15.8. The molecule has 8 heteroatoms. The highest BCUT2D eigenvalue weighted by Gasteiger charge is 2.10. The molecule has 0 fully saturated rings. The van der Waals surface area contributed by atoms with E-state index in [-0.39, 0.29) is 23.5 Å². The largest absolute Gasteiger partial charge is 0.483 e. The monoisotopic (exact) mass is 419 g/mol. The van der Waals surface area contributed by atoms with Crippen molar-refractivity contribution in [3.05, 3.63) is 53.1 Å². The number of amides is 2. The van der Waals surface area contributed by atoms with E-state index in [1.165, 1.54) is 0 Å². The van der Waals surface area contributed by atoms with E-state index in [9.17, 15) is 9.59 Å². The van der Waals surface area contributed by atoms with Crippen LogP contribution >= 0.6 is 23.8 Å². The molecule has 0 spiro atoms. The van der Waals surface area contributed by atoms with Gasteiger partial charge in [0.25, 0.3) is 5.91 Å². The lowest BCUT2D eigenvalue weighted by Crippen LogP contribution is -2.37. The van der Waals surface area contributed by atoms with Crippen molar-refractivity contribution in [2.75, 3.05) is 17.2 Å². The van der Waals surface area contributed by atoms with E-state index >= 15 is 0 Å². The van der Waals surface area contributed by atoms with E-state index < -0.39 is 5.91 Å². The summed E-state index contributed by atoms with van der Waals surface area (Å²) >= 11 is 11.1. The van der Waals surface area contributed by atoms with Crippen LogP contribution in [0, 0.1) is 12.8 Å². The number of anilines is 2. The van der Waals surface area contributed by atoms with Gasteiger partial charge in [-0.05, 0) is 61.1 Å². The van der Waals surface area contributed by atoms with Crippen LogP contribution in [0.2, 0.25) is 5.02 Å². The van der Waals surface area contributed by atoms with Gasteiger partial charge >= 0.3 is 0 Å². The lowest BCUT2D eigenvalue weighted by atomic mass is 10.2. The van der Waals surface area contributed by atoms with Crippen LogP contribution in [0.3, 0.4) is 0 Å². The molecule has 0 aliphatic heterocycles. The van der Waals surface area contributed by atoms with Crippen LogP contribution in [0.1, 0.15) is 19.4 Å². The molecule has 2 aromatic rings. The Balaban J connectivity index is 1.86. The summed E-state index contributed by atoms with van der Waals surface area (Å²) in [6.45, 7) is 5.29. The predicted molar refractivity (Wildman–Crippen MR) is 116 cm³/mol. The molecule has 148 valence electrons. The Kier molecular flexibility index (Phi) is 7.78. The van der Waals surface area contributed by atoms with E-state index in [2.05, 4.69) is 16.0 Å². The minimum Gasteiger partial charge on any atom is -0.483 e. The second-order valence-electron chi connectivity index (χ2n) is 6.43. The molecule has 0 saturated carbocycles. The van der Waals surface area contributed by atoms with E-state index in [0.29, 0.717) is 22.1 Å². The molecule has 0 unspecified atom stereocenters. The van der Waals surface area contributed by atoms with Gasteiger partial charge < -0.3 is 15.4 Å². The first-order valence-electron chi connectivity index (χ1n) is 8.65. The van der Waals surface area contributed by atoms with Gasteiger partial charge in [0.15, 0.2) is 11.7 Å². The smallest absolute Gasteiger partial charge is 0.264 e. The third kappa shape index (κ3) is 6.83. The van der Waals surface area contributed by atoms with Gasteiger partial charge in [-0.1, -0.05) is 31.5 Å². The first-order chi connectivity index (χ1) is 13.2. The van der Waals surface area contributed by atoms with Gasteiger partial charge in [-0.15, -0.1) is 0 Å². The van der Waals surface area contributed by atoms with Gasteiger partial charge in [0.1, 0.15) is 5.75 Å². The van der Waals surface area contributed by atoms with Crippen LogP contribution in [0.25, 0.3) is 0 Å². The Morgan fingerprint density at radius 2 is 1.79 bits per heavy atom. The number of rotatable bonds is 6. The minimum atomic E-state index is -0.392. The van der Waals surface area contributed by atoms with E-state index in [1.54, 1.807) is 42.5 Å². The summed E-state index contributed by atoms with van der Waals surface area (Å²) in [7, 11) is 0. The molecule has 2 aromatic carbocycles. The average molecular weight is 420 g/mol. The number of ether oxygens (including phenoxy) is 1. The quantitative estimate of drug-likeness (QED) is 0.613. The Labute approximate surface area is 174 Å². The number of benzene rings is 2. The molecule has 0 saturated heterocycles. The van der Waals surface area contributed by atoms with Crippen LogP contribution in [-0.2, 0) is 9.59 Å². The van der Waals surface area contributed by atoms with Crippen LogP contribution in [-0.4, -0.2) is 23.5 Å². The Bertz CT molecular complexity index is 887. The third-order valence-electron chi connectivity index (χ3n) is 3.66. The number of nitrogens with one attached hydrogen (secondary N) is 3. The number of hydrogen-bond acceptors (Lipinski definition) is 4. The molecule has 3 N–H and O–H groups in total. The maximum Gasteiger partial charge on any atom is 0.264 e. The lowest BCUT2D eigenvalue weighted by Gasteiger charge is -2.13. The maximum atomic E-state index is 12.0. The van der Waals surface area contributed by atoms with Crippen molar-refractivity contribution in [2.45, 2.75) is 20.8 Å². The molecule has 6 nitrogen and oxygen atoms in total. The molecule has 0 aliphatic rings. The first-order valence-corrected chi connectivity index (χ1v) is 9.44. The highest BCUT2D eigenvalue weighted by atomic mass is 35.5. The Morgan fingerprint density at radius 3 is 2.43 bits per heavy atom. The number of thiocarbonyl (C=S) groups is 1. The fourth-order valence-corrected chi connectivity index (χ4v) is 2.66. The molecule has 28 heavy (non-hydrogen) atoms. The highest BCUT2D eigenvalue weighted by Crippen LogP contribution is 2.21. The normalized spacial score (nSPS) is 10.3.